The zero-order chi connectivity index (χ0) is 7.78. The first kappa shape index (κ1) is 7.73. The molecule has 2 heteroatoms. The maximum Gasteiger partial charge on any atom is 0.152 e. The molecule has 0 aliphatic heterocycles. The van der Waals surface area contributed by atoms with Crippen molar-refractivity contribution in [2.75, 3.05) is 0 Å². The van der Waals surface area contributed by atoms with E-state index in [-0.39, 0.29) is 5.78 Å². The van der Waals surface area contributed by atoms with E-state index in [0.29, 0.717) is 12.3 Å². The van der Waals surface area contributed by atoms with Gasteiger partial charge in [-0.3, -0.25) is 4.79 Å². The molecule has 1 fully saturated rings. The molecule has 10 heavy (non-hydrogen) atoms. The Morgan fingerprint density at radius 2 is 2.20 bits per heavy atom. The van der Waals surface area contributed by atoms with Gasteiger partial charge in [0.25, 0.3) is 0 Å². The van der Waals surface area contributed by atoms with Crippen LogP contribution in [-0.2, 0) is 4.79 Å². The number of hydrogen-bond acceptors (Lipinski definition) is 2. The van der Waals surface area contributed by atoms with Crippen LogP contribution in [0.2, 0.25) is 0 Å². The molecule has 0 spiro atoms. The van der Waals surface area contributed by atoms with Crippen molar-refractivity contribution in [3.63, 3.8) is 0 Å². The first-order valence-corrected chi connectivity index (χ1v) is 3.91. The lowest BCUT2D eigenvalue weighted by Gasteiger charge is -2.21. The zero-order valence-electron chi connectivity index (χ0n) is 6.68. The minimum Gasteiger partial charge on any atom is -0.319 e. The molecule has 0 saturated heterocycles. The fourth-order valence-corrected chi connectivity index (χ4v) is 1.29. The molecule has 1 saturated carbocycles. The Hall–Kier alpha value is -0.370. The van der Waals surface area contributed by atoms with Crippen molar-refractivity contribution >= 4 is 5.78 Å². The summed E-state index contributed by atoms with van der Waals surface area (Å²) in [6.07, 6.45) is 2.85. The van der Waals surface area contributed by atoms with Gasteiger partial charge in [-0.25, -0.2) is 0 Å². The van der Waals surface area contributed by atoms with Crippen molar-refractivity contribution in [1.82, 2.24) is 0 Å². The monoisotopic (exact) mass is 141 g/mol. The van der Waals surface area contributed by atoms with Crippen LogP contribution in [0.4, 0.5) is 0 Å². The summed E-state index contributed by atoms with van der Waals surface area (Å²) < 4.78 is 0. The number of ketones is 1. The summed E-state index contributed by atoms with van der Waals surface area (Å²) in [5, 5.41) is 0. The van der Waals surface area contributed by atoms with Crippen LogP contribution in [0.25, 0.3) is 0 Å². The maximum atomic E-state index is 11.2. The SMILES string of the molecule is CCC(=O)C(C)(N)C1CC1. The molecule has 2 N–H and O–H groups in total. The van der Waals surface area contributed by atoms with Crippen LogP contribution in [0.1, 0.15) is 33.1 Å². The molecule has 0 amide bonds. The summed E-state index contributed by atoms with van der Waals surface area (Å²) >= 11 is 0. The molecule has 0 aromatic heterocycles. The summed E-state index contributed by atoms with van der Waals surface area (Å²) in [4.78, 5) is 11.2. The Bertz CT molecular complexity index is 147. The number of carbonyl (C=O) groups is 1. The number of Topliss-reactive ketones (excluding diaryl/α,β-unsaturated/α-hetero) is 1. The van der Waals surface area contributed by atoms with E-state index < -0.39 is 5.54 Å². The summed E-state index contributed by atoms with van der Waals surface area (Å²) in [5.74, 6) is 0.676. The lowest BCUT2D eigenvalue weighted by atomic mass is 9.90. The molecule has 1 aliphatic carbocycles. The summed E-state index contributed by atoms with van der Waals surface area (Å²) in [5.41, 5.74) is 5.31. The number of rotatable bonds is 3. The van der Waals surface area contributed by atoms with E-state index in [1.807, 2.05) is 13.8 Å². The fraction of sp³-hybridized carbons (Fsp3) is 0.875. The number of carbonyl (C=O) groups excluding carboxylic acids is 1. The van der Waals surface area contributed by atoms with Crippen LogP contribution in [0, 0.1) is 5.92 Å². The van der Waals surface area contributed by atoms with Gasteiger partial charge in [0.15, 0.2) is 5.78 Å². The second kappa shape index (κ2) is 2.35. The van der Waals surface area contributed by atoms with Crippen molar-refractivity contribution < 1.29 is 4.79 Å². The maximum absolute atomic E-state index is 11.2. The molecular weight excluding hydrogens is 126 g/mol. The van der Waals surface area contributed by atoms with E-state index in [0.717, 1.165) is 12.8 Å². The fourth-order valence-electron chi connectivity index (χ4n) is 1.29. The molecule has 0 aromatic rings. The third kappa shape index (κ3) is 1.21. The average molecular weight is 141 g/mol. The molecule has 0 aromatic carbocycles. The van der Waals surface area contributed by atoms with Gasteiger partial charge in [-0.1, -0.05) is 6.92 Å². The average Bonchev–Trinajstić information content (AvgIpc) is 2.66. The molecule has 1 rings (SSSR count). The highest BCUT2D eigenvalue weighted by Gasteiger charge is 2.42. The Morgan fingerprint density at radius 3 is 2.50 bits per heavy atom. The topological polar surface area (TPSA) is 43.1 Å². The molecule has 0 heterocycles. The zero-order valence-corrected chi connectivity index (χ0v) is 6.68. The van der Waals surface area contributed by atoms with Crippen LogP contribution >= 0.6 is 0 Å². The predicted octanol–water partition coefficient (Wildman–Crippen LogP) is 1.09. The Labute approximate surface area is 61.8 Å². The molecule has 1 aliphatic rings. The Morgan fingerprint density at radius 1 is 1.70 bits per heavy atom. The summed E-state index contributed by atoms with van der Waals surface area (Å²) in [6, 6.07) is 0. The van der Waals surface area contributed by atoms with Crippen LogP contribution in [0.5, 0.6) is 0 Å². The van der Waals surface area contributed by atoms with Crippen LogP contribution < -0.4 is 5.73 Å². The van der Waals surface area contributed by atoms with Gasteiger partial charge < -0.3 is 5.73 Å². The molecule has 0 radical (unpaired) electrons. The lowest BCUT2D eigenvalue weighted by molar-refractivity contribution is -0.124. The number of hydrogen-bond donors (Lipinski definition) is 1. The van der Waals surface area contributed by atoms with E-state index >= 15 is 0 Å². The summed E-state index contributed by atoms with van der Waals surface area (Å²) in [7, 11) is 0. The highest BCUT2D eigenvalue weighted by molar-refractivity contribution is 5.88. The van der Waals surface area contributed by atoms with Gasteiger partial charge in [-0.15, -0.1) is 0 Å². The van der Waals surface area contributed by atoms with Gasteiger partial charge in [0.05, 0.1) is 5.54 Å². The largest absolute Gasteiger partial charge is 0.319 e. The molecule has 2 nitrogen and oxygen atoms in total. The Balaban J connectivity index is 2.56. The van der Waals surface area contributed by atoms with Crippen molar-refractivity contribution in [3.8, 4) is 0 Å². The minimum absolute atomic E-state index is 0.204. The van der Waals surface area contributed by atoms with Crippen LogP contribution in [0.15, 0.2) is 0 Å². The molecule has 1 atom stereocenters. The van der Waals surface area contributed by atoms with Crippen molar-refractivity contribution in [2.24, 2.45) is 11.7 Å². The standard InChI is InChI=1S/C8H15NO/c1-3-7(10)8(2,9)6-4-5-6/h6H,3-5,9H2,1-2H3. The summed E-state index contributed by atoms with van der Waals surface area (Å²) in [6.45, 7) is 3.73. The quantitative estimate of drug-likeness (QED) is 0.639. The highest BCUT2D eigenvalue weighted by Crippen LogP contribution is 2.38. The molecule has 1 unspecified atom stereocenters. The molecular formula is C8H15NO. The van der Waals surface area contributed by atoms with Crippen LogP contribution in [0.3, 0.4) is 0 Å². The van der Waals surface area contributed by atoms with Gasteiger partial charge in [0.1, 0.15) is 0 Å². The van der Waals surface area contributed by atoms with E-state index in [2.05, 4.69) is 0 Å². The van der Waals surface area contributed by atoms with Crippen molar-refractivity contribution in [1.29, 1.82) is 0 Å². The van der Waals surface area contributed by atoms with Crippen molar-refractivity contribution in [3.05, 3.63) is 0 Å². The number of nitrogens with two attached hydrogens (primary N) is 1. The normalized spacial score (nSPS) is 23.9. The minimum atomic E-state index is -0.519. The highest BCUT2D eigenvalue weighted by atomic mass is 16.1. The predicted molar refractivity (Wildman–Crippen MR) is 40.6 cm³/mol. The van der Waals surface area contributed by atoms with E-state index in [1.54, 1.807) is 0 Å². The van der Waals surface area contributed by atoms with Gasteiger partial charge in [-0.05, 0) is 25.7 Å². The second-order valence-corrected chi connectivity index (χ2v) is 3.33. The second-order valence-electron chi connectivity index (χ2n) is 3.33. The van der Waals surface area contributed by atoms with Gasteiger partial charge in [0, 0.05) is 6.42 Å². The molecule has 0 bridgehead atoms. The van der Waals surface area contributed by atoms with E-state index in [9.17, 15) is 4.79 Å². The first-order valence-electron chi connectivity index (χ1n) is 3.91. The molecule has 58 valence electrons. The third-order valence-corrected chi connectivity index (χ3v) is 2.35. The van der Waals surface area contributed by atoms with E-state index in [4.69, 9.17) is 5.73 Å². The first-order chi connectivity index (χ1) is 4.59. The smallest absolute Gasteiger partial charge is 0.152 e. The lowest BCUT2D eigenvalue weighted by Crippen LogP contribution is -2.46. The third-order valence-electron chi connectivity index (χ3n) is 2.35. The van der Waals surface area contributed by atoms with Gasteiger partial charge in [0.2, 0.25) is 0 Å². The van der Waals surface area contributed by atoms with Gasteiger partial charge in [-0.2, -0.15) is 0 Å². The van der Waals surface area contributed by atoms with E-state index in [1.165, 1.54) is 0 Å². The van der Waals surface area contributed by atoms with Gasteiger partial charge >= 0.3 is 0 Å². The van der Waals surface area contributed by atoms with Crippen molar-refractivity contribution in [2.45, 2.75) is 38.6 Å². The van der Waals surface area contributed by atoms with Crippen LogP contribution in [-0.4, -0.2) is 11.3 Å². The Kier molecular flexibility index (Phi) is 1.82.